The average molecular weight is 221 g/mol. The number of nitrogens with two attached hydrogens (primary N) is 1. The maximum atomic E-state index is 11.9. The Bertz CT molecular complexity index is 337. The molecule has 0 aliphatic carbocycles. The van der Waals surface area contributed by atoms with Gasteiger partial charge < -0.3 is 5.73 Å². The van der Waals surface area contributed by atoms with E-state index in [1.54, 1.807) is 19.3 Å². The predicted molar refractivity (Wildman–Crippen MR) is 65.1 cm³/mol. The summed E-state index contributed by atoms with van der Waals surface area (Å²) in [6, 6.07) is 5.00. The number of carbonyl (C=O) groups is 1. The van der Waals surface area contributed by atoms with Crippen molar-refractivity contribution in [2.24, 2.45) is 11.7 Å². The standard InChI is InChI=1S/C12H19N3O/c1-9(2)8-10(13)12(16)15(3)11-6-4-5-7-14-11/h4-7,9-10H,8,13H2,1-3H3/t10-/m0/s1. The lowest BCUT2D eigenvalue weighted by molar-refractivity contribution is -0.119. The molecule has 0 aromatic carbocycles. The molecule has 16 heavy (non-hydrogen) atoms. The van der Waals surface area contributed by atoms with E-state index in [1.807, 2.05) is 26.0 Å². The summed E-state index contributed by atoms with van der Waals surface area (Å²) in [5.41, 5.74) is 5.84. The van der Waals surface area contributed by atoms with E-state index in [2.05, 4.69) is 4.98 Å². The molecule has 1 aromatic rings. The van der Waals surface area contributed by atoms with Gasteiger partial charge in [-0.15, -0.1) is 0 Å². The van der Waals surface area contributed by atoms with Crippen LogP contribution in [-0.2, 0) is 4.79 Å². The van der Waals surface area contributed by atoms with Crippen LogP contribution in [0.2, 0.25) is 0 Å². The minimum atomic E-state index is -0.452. The Hall–Kier alpha value is -1.42. The number of anilines is 1. The first-order valence-electron chi connectivity index (χ1n) is 5.46. The molecule has 1 aromatic heterocycles. The van der Waals surface area contributed by atoms with E-state index < -0.39 is 6.04 Å². The number of hydrogen-bond acceptors (Lipinski definition) is 3. The highest BCUT2D eigenvalue weighted by molar-refractivity contribution is 5.95. The van der Waals surface area contributed by atoms with Gasteiger partial charge in [-0.2, -0.15) is 0 Å². The summed E-state index contributed by atoms with van der Waals surface area (Å²) in [6.07, 6.45) is 2.35. The van der Waals surface area contributed by atoms with E-state index in [4.69, 9.17) is 5.73 Å². The maximum absolute atomic E-state index is 11.9. The molecule has 4 nitrogen and oxygen atoms in total. The molecule has 0 saturated heterocycles. The van der Waals surface area contributed by atoms with Gasteiger partial charge in [-0.25, -0.2) is 4.98 Å². The number of aromatic nitrogens is 1. The first-order chi connectivity index (χ1) is 7.52. The highest BCUT2D eigenvalue weighted by atomic mass is 16.2. The molecule has 0 unspecified atom stereocenters. The number of pyridine rings is 1. The van der Waals surface area contributed by atoms with Crippen molar-refractivity contribution in [1.29, 1.82) is 0 Å². The lowest BCUT2D eigenvalue weighted by atomic mass is 10.0. The minimum absolute atomic E-state index is 0.0904. The van der Waals surface area contributed by atoms with Gasteiger partial charge in [-0.05, 0) is 24.5 Å². The molecule has 0 aliphatic rings. The van der Waals surface area contributed by atoms with Crippen LogP contribution in [0.4, 0.5) is 5.82 Å². The van der Waals surface area contributed by atoms with Crippen molar-refractivity contribution < 1.29 is 4.79 Å². The highest BCUT2D eigenvalue weighted by Gasteiger charge is 2.20. The third-order valence-corrected chi connectivity index (χ3v) is 2.37. The zero-order chi connectivity index (χ0) is 12.1. The van der Waals surface area contributed by atoms with Crippen molar-refractivity contribution in [3.05, 3.63) is 24.4 Å². The third-order valence-electron chi connectivity index (χ3n) is 2.37. The summed E-state index contributed by atoms with van der Waals surface area (Å²) in [5, 5.41) is 0. The van der Waals surface area contributed by atoms with Crippen molar-refractivity contribution in [2.75, 3.05) is 11.9 Å². The number of likely N-dealkylation sites (N-methyl/N-ethyl adjacent to an activating group) is 1. The van der Waals surface area contributed by atoms with Crippen LogP contribution in [0.3, 0.4) is 0 Å². The highest BCUT2D eigenvalue weighted by Crippen LogP contribution is 2.11. The Labute approximate surface area is 96.5 Å². The summed E-state index contributed by atoms with van der Waals surface area (Å²) < 4.78 is 0. The quantitative estimate of drug-likeness (QED) is 0.836. The van der Waals surface area contributed by atoms with Crippen LogP contribution in [0.25, 0.3) is 0 Å². The van der Waals surface area contributed by atoms with E-state index in [-0.39, 0.29) is 5.91 Å². The molecule has 2 N–H and O–H groups in total. The van der Waals surface area contributed by atoms with Crippen LogP contribution in [0.15, 0.2) is 24.4 Å². The summed E-state index contributed by atoms with van der Waals surface area (Å²) in [7, 11) is 1.70. The van der Waals surface area contributed by atoms with Crippen molar-refractivity contribution >= 4 is 11.7 Å². The summed E-state index contributed by atoms with van der Waals surface area (Å²) in [5.74, 6) is 0.954. The largest absolute Gasteiger partial charge is 0.320 e. The second-order valence-corrected chi connectivity index (χ2v) is 4.32. The number of amides is 1. The van der Waals surface area contributed by atoms with E-state index >= 15 is 0 Å². The molecule has 0 spiro atoms. The zero-order valence-corrected chi connectivity index (χ0v) is 10.1. The molecule has 0 saturated carbocycles. The van der Waals surface area contributed by atoms with Crippen molar-refractivity contribution in [3.63, 3.8) is 0 Å². The van der Waals surface area contributed by atoms with Gasteiger partial charge in [0, 0.05) is 13.2 Å². The van der Waals surface area contributed by atoms with Gasteiger partial charge in [-0.1, -0.05) is 19.9 Å². The van der Waals surface area contributed by atoms with Gasteiger partial charge in [0.2, 0.25) is 5.91 Å². The molecule has 88 valence electrons. The lowest BCUT2D eigenvalue weighted by Crippen LogP contribution is -2.42. The molecule has 1 amide bonds. The smallest absolute Gasteiger partial charge is 0.244 e. The van der Waals surface area contributed by atoms with Gasteiger partial charge in [0.1, 0.15) is 5.82 Å². The van der Waals surface area contributed by atoms with E-state index in [0.717, 1.165) is 0 Å². The van der Waals surface area contributed by atoms with Crippen molar-refractivity contribution in [2.45, 2.75) is 26.3 Å². The zero-order valence-electron chi connectivity index (χ0n) is 10.1. The number of rotatable bonds is 4. The molecule has 0 fully saturated rings. The number of nitrogens with zero attached hydrogens (tertiary/aromatic N) is 2. The molecule has 1 rings (SSSR count). The van der Waals surface area contributed by atoms with Gasteiger partial charge in [0.05, 0.1) is 6.04 Å². The van der Waals surface area contributed by atoms with Crippen LogP contribution in [0.1, 0.15) is 20.3 Å². The van der Waals surface area contributed by atoms with Gasteiger partial charge >= 0.3 is 0 Å². The third kappa shape index (κ3) is 3.31. The van der Waals surface area contributed by atoms with Gasteiger partial charge in [0.25, 0.3) is 0 Å². The first kappa shape index (κ1) is 12.6. The monoisotopic (exact) mass is 221 g/mol. The second kappa shape index (κ2) is 5.61. The Kier molecular flexibility index (Phi) is 4.43. The Morgan fingerprint density at radius 1 is 1.50 bits per heavy atom. The fraction of sp³-hybridized carbons (Fsp3) is 0.500. The topological polar surface area (TPSA) is 59.2 Å². The lowest BCUT2D eigenvalue weighted by Gasteiger charge is -2.21. The molecule has 4 heteroatoms. The summed E-state index contributed by atoms with van der Waals surface area (Å²) >= 11 is 0. The molecule has 0 bridgehead atoms. The van der Waals surface area contributed by atoms with Crippen LogP contribution in [0, 0.1) is 5.92 Å². The first-order valence-corrected chi connectivity index (χ1v) is 5.46. The molecule has 0 aliphatic heterocycles. The molecule has 1 atom stereocenters. The Morgan fingerprint density at radius 3 is 2.69 bits per heavy atom. The molecule has 0 radical (unpaired) electrons. The maximum Gasteiger partial charge on any atom is 0.244 e. The summed E-state index contributed by atoms with van der Waals surface area (Å²) in [4.78, 5) is 17.6. The molecule has 1 heterocycles. The number of carbonyl (C=O) groups excluding carboxylic acids is 1. The van der Waals surface area contributed by atoms with Gasteiger partial charge in [0.15, 0.2) is 0 Å². The predicted octanol–water partition coefficient (Wildman–Crippen LogP) is 1.42. The van der Waals surface area contributed by atoms with E-state index in [0.29, 0.717) is 18.2 Å². The summed E-state index contributed by atoms with van der Waals surface area (Å²) in [6.45, 7) is 4.10. The normalized spacial score (nSPS) is 12.6. The fourth-order valence-electron chi connectivity index (χ4n) is 1.52. The number of hydrogen-bond donors (Lipinski definition) is 1. The fourth-order valence-corrected chi connectivity index (χ4v) is 1.52. The SMILES string of the molecule is CC(C)C[C@H](N)C(=O)N(C)c1ccccn1. The van der Waals surface area contributed by atoms with E-state index in [9.17, 15) is 4.79 Å². The van der Waals surface area contributed by atoms with Crippen molar-refractivity contribution in [3.8, 4) is 0 Å². The average Bonchev–Trinajstić information content (AvgIpc) is 2.27. The van der Waals surface area contributed by atoms with Crippen LogP contribution >= 0.6 is 0 Å². The molecular weight excluding hydrogens is 202 g/mol. The van der Waals surface area contributed by atoms with Gasteiger partial charge in [-0.3, -0.25) is 9.69 Å². The second-order valence-electron chi connectivity index (χ2n) is 4.32. The Morgan fingerprint density at radius 2 is 2.19 bits per heavy atom. The molecular formula is C12H19N3O. The van der Waals surface area contributed by atoms with Crippen LogP contribution in [-0.4, -0.2) is 24.0 Å². The van der Waals surface area contributed by atoms with E-state index in [1.165, 1.54) is 4.90 Å². The Balaban J connectivity index is 2.67. The van der Waals surface area contributed by atoms with Crippen LogP contribution < -0.4 is 10.6 Å². The van der Waals surface area contributed by atoms with Crippen LogP contribution in [0.5, 0.6) is 0 Å². The van der Waals surface area contributed by atoms with Crippen molar-refractivity contribution in [1.82, 2.24) is 4.98 Å². The minimum Gasteiger partial charge on any atom is -0.320 e.